The molecule has 3 heterocycles. The van der Waals surface area contributed by atoms with Gasteiger partial charge in [0.2, 0.25) is 15.9 Å². The van der Waals surface area contributed by atoms with Gasteiger partial charge < -0.3 is 20.6 Å². The van der Waals surface area contributed by atoms with Crippen molar-refractivity contribution in [2.45, 2.75) is 69.6 Å². The molecule has 2 fully saturated rings. The molecule has 5 rings (SSSR count). The Balaban J connectivity index is 0.000000727. The number of carboxylic acid groups (broad SMARTS) is 1. The Morgan fingerprint density at radius 3 is 2.24 bits per heavy atom. The first-order valence-corrected chi connectivity index (χ1v) is 18.5. The van der Waals surface area contributed by atoms with Gasteiger partial charge in [-0.3, -0.25) is 9.59 Å². The fraction of sp³-hybridized carbons (Fsp3) is 0.545. The van der Waals surface area contributed by atoms with E-state index in [1.54, 1.807) is 24.3 Å². The van der Waals surface area contributed by atoms with Crippen LogP contribution in [0.1, 0.15) is 57.1 Å². The number of Topliss-reactive ketones (excluding diaryl/α,β-unsaturated/α-hetero) is 1. The first-order valence-electron chi connectivity index (χ1n) is 15.9. The molecular formula is C33H40Cl2F4N4O6S. The van der Waals surface area contributed by atoms with Crippen LogP contribution in [0.4, 0.5) is 23.2 Å². The number of sulfonamides is 1. The number of carboxylic acids is 1. The summed E-state index contributed by atoms with van der Waals surface area (Å²) < 4.78 is 72.8. The molecule has 3 aliphatic heterocycles. The Kier molecular flexibility index (Phi) is 12.0. The monoisotopic (exact) mass is 766 g/mol. The molecule has 2 aromatic rings. The summed E-state index contributed by atoms with van der Waals surface area (Å²) in [5.41, 5.74) is -0.0198. The van der Waals surface area contributed by atoms with E-state index >= 15 is 4.39 Å². The minimum absolute atomic E-state index is 0.0684. The van der Waals surface area contributed by atoms with Crippen molar-refractivity contribution in [2.24, 2.45) is 5.41 Å². The molecule has 3 aliphatic rings. The first-order chi connectivity index (χ1) is 23.1. The predicted molar refractivity (Wildman–Crippen MR) is 181 cm³/mol. The Hall–Kier alpha value is -2.82. The minimum atomic E-state index is -5.08. The Bertz CT molecular complexity index is 1730. The highest BCUT2D eigenvalue weighted by molar-refractivity contribution is 7.88. The molecule has 17 heteroatoms. The van der Waals surface area contributed by atoms with Crippen molar-refractivity contribution in [1.82, 2.24) is 14.5 Å². The number of alkyl halides is 3. The van der Waals surface area contributed by atoms with E-state index in [1.165, 1.54) is 16.6 Å². The lowest BCUT2D eigenvalue weighted by Crippen LogP contribution is -2.49. The van der Waals surface area contributed by atoms with Gasteiger partial charge in [0.1, 0.15) is 17.0 Å². The molecule has 4 atom stereocenters. The molecule has 50 heavy (non-hydrogen) atoms. The standard InChI is InChI=1S/C31H39Cl2FN4O4S.C2HF3O2/c1-30(2,3)18-25-31(21-11-10-19(32)17-23(21)35-29(31)40)26(20-7-5-8-22(33)27(20)34)28(36-25)24(39)9-6-12-37-13-15-38(16-14-37)43(4,41)42;3-2(4,5)1(6)7/h5,7-8,10-11,17,25-26,28,36H,6,9,12-16,18H2,1-4H3,(H,35,40);(H,6,7)/t25-,26+,28+,31+;/m1./s1. The molecule has 0 unspecified atom stereocenters. The highest BCUT2D eigenvalue weighted by atomic mass is 35.5. The van der Waals surface area contributed by atoms with Gasteiger partial charge in [0.05, 0.1) is 17.3 Å². The fourth-order valence-corrected chi connectivity index (χ4v) is 8.30. The number of amides is 1. The lowest BCUT2D eigenvalue weighted by Gasteiger charge is -2.37. The van der Waals surface area contributed by atoms with Crippen LogP contribution in [0.3, 0.4) is 0 Å². The number of halogens is 6. The molecular weight excluding hydrogens is 727 g/mol. The molecule has 3 N–H and O–H groups in total. The molecule has 1 spiro atoms. The summed E-state index contributed by atoms with van der Waals surface area (Å²) in [6, 6.07) is 8.65. The van der Waals surface area contributed by atoms with Gasteiger partial charge in [0, 0.05) is 55.3 Å². The van der Waals surface area contributed by atoms with Gasteiger partial charge in [-0.2, -0.15) is 17.5 Å². The molecule has 276 valence electrons. The zero-order valence-corrected chi connectivity index (χ0v) is 30.2. The molecule has 0 aliphatic carbocycles. The van der Waals surface area contributed by atoms with Crippen LogP contribution in [0.15, 0.2) is 36.4 Å². The van der Waals surface area contributed by atoms with Crippen LogP contribution in [0.2, 0.25) is 10.0 Å². The van der Waals surface area contributed by atoms with E-state index in [1.807, 2.05) is 6.07 Å². The molecule has 2 saturated heterocycles. The summed E-state index contributed by atoms with van der Waals surface area (Å²) in [5.74, 6) is -4.65. The Morgan fingerprint density at radius 1 is 1.06 bits per heavy atom. The number of fused-ring (bicyclic) bond motifs is 2. The lowest BCUT2D eigenvalue weighted by atomic mass is 9.62. The van der Waals surface area contributed by atoms with Crippen LogP contribution in [-0.2, 0) is 29.8 Å². The molecule has 0 radical (unpaired) electrons. The summed E-state index contributed by atoms with van der Waals surface area (Å²) in [6.07, 6.45) is -2.55. The van der Waals surface area contributed by atoms with Gasteiger partial charge in [-0.25, -0.2) is 17.6 Å². The molecule has 0 saturated carbocycles. The van der Waals surface area contributed by atoms with Gasteiger partial charge in [-0.05, 0) is 54.1 Å². The van der Waals surface area contributed by atoms with Crippen molar-refractivity contribution >= 4 is 56.6 Å². The molecule has 0 bridgehead atoms. The number of ketones is 1. The predicted octanol–water partition coefficient (Wildman–Crippen LogP) is 5.44. The van der Waals surface area contributed by atoms with E-state index in [2.05, 4.69) is 36.3 Å². The average Bonchev–Trinajstić information content (AvgIpc) is 3.47. The van der Waals surface area contributed by atoms with E-state index in [9.17, 15) is 31.2 Å². The van der Waals surface area contributed by atoms with Gasteiger partial charge in [-0.1, -0.05) is 62.2 Å². The number of hydrogen-bond acceptors (Lipinski definition) is 7. The number of carbonyl (C=O) groups is 3. The molecule has 0 aromatic heterocycles. The largest absolute Gasteiger partial charge is 0.490 e. The van der Waals surface area contributed by atoms with E-state index in [0.29, 0.717) is 61.8 Å². The smallest absolute Gasteiger partial charge is 0.475 e. The Labute approximate surface area is 298 Å². The summed E-state index contributed by atoms with van der Waals surface area (Å²) in [5, 5.41) is 14.0. The maximum atomic E-state index is 15.9. The highest BCUT2D eigenvalue weighted by Gasteiger charge is 2.66. The summed E-state index contributed by atoms with van der Waals surface area (Å²) in [6.45, 7) is 8.88. The minimum Gasteiger partial charge on any atom is -0.475 e. The molecule has 1 amide bonds. The number of nitrogens with one attached hydrogen (secondary N) is 2. The quantitative estimate of drug-likeness (QED) is 0.303. The second-order valence-corrected chi connectivity index (χ2v) is 16.8. The number of carbonyl (C=O) groups excluding carboxylic acids is 2. The van der Waals surface area contributed by atoms with Crippen molar-refractivity contribution in [3.05, 3.63) is 63.4 Å². The fourth-order valence-electron chi connectivity index (χ4n) is 7.12. The summed E-state index contributed by atoms with van der Waals surface area (Å²) in [7, 11) is -3.23. The first kappa shape index (κ1) is 40.0. The van der Waals surface area contributed by atoms with Gasteiger partial charge in [0.15, 0.2) is 0 Å². The van der Waals surface area contributed by atoms with Crippen molar-refractivity contribution in [1.29, 1.82) is 0 Å². The zero-order chi connectivity index (χ0) is 37.4. The topological polar surface area (TPSA) is 136 Å². The number of anilines is 1. The summed E-state index contributed by atoms with van der Waals surface area (Å²) >= 11 is 12.6. The van der Waals surface area contributed by atoms with Gasteiger partial charge in [-0.15, -0.1) is 0 Å². The van der Waals surface area contributed by atoms with E-state index in [0.717, 1.165) is 0 Å². The van der Waals surface area contributed by atoms with Crippen molar-refractivity contribution in [2.75, 3.05) is 44.3 Å². The second kappa shape index (κ2) is 15.0. The third-order valence-electron chi connectivity index (χ3n) is 9.23. The third kappa shape index (κ3) is 8.61. The number of hydrogen-bond donors (Lipinski definition) is 3. The van der Waals surface area contributed by atoms with Crippen LogP contribution >= 0.6 is 23.2 Å². The number of benzene rings is 2. The Morgan fingerprint density at radius 2 is 1.68 bits per heavy atom. The van der Waals surface area contributed by atoms with E-state index in [-0.39, 0.29) is 34.1 Å². The van der Waals surface area contributed by atoms with E-state index < -0.39 is 51.4 Å². The van der Waals surface area contributed by atoms with Crippen LogP contribution < -0.4 is 10.6 Å². The van der Waals surface area contributed by atoms with Crippen molar-refractivity contribution < 1.29 is 45.5 Å². The maximum Gasteiger partial charge on any atom is 0.490 e. The van der Waals surface area contributed by atoms with Crippen molar-refractivity contribution in [3.63, 3.8) is 0 Å². The van der Waals surface area contributed by atoms with E-state index in [4.69, 9.17) is 33.1 Å². The summed E-state index contributed by atoms with van der Waals surface area (Å²) in [4.78, 5) is 39.4. The van der Waals surface area contributed by atoms with Crippen LogP contribution in [0.5, 0.6) is 0 Å². The third-order valence-corrected chi connectivity index (χ3v) is 11.1. The second-order valence-electron chi connectivity index (χ2n) is 14.0. The molecule has 2 aromatic carbocycles. The van der Waals surface area contributed by atoms with Gasteiger partial charge in [0.25, 0.3) is 0 Å². The average molecular weight is 768 g/mol. The zero-order valence-electron chi connectivity index (χ0n) is 27.9. The van der Waals surface area contributed by atoms with Crippen molar-refractivity contribution in [3.8, 4) is 0 Å². The maximum absolute atomic E-state index is 15.9. The number of rotatable bonds is 8. The van der Waals surface area contributed by atoms with Gasteiger partial charge >= 0.3 is 12.1 Å². The van der Waals surface area contributed by atoms with Crippen LogP contribution in [0.25, 0.3) is 0 Å². The lowest BCUT2D eigenvalue weighted by molar-refractivity contribution is -0.192. The number of piperazine rings is 1. The number of aliphatic carboxylic acids is 1. The van der Waals surface area contributed by atoms with Crippen LogP contribution in [0, 0.1) is 11.2 Å². The SMILES string of the molecule is CC(C)(C)C[C@H]1N[C@@H](C(=O)CCCN2CCN(S(C)(=O)=O)CC2)[C@H](c2cccc(Cl)c2F)[C@@]12C(=O)Nc1cc(Cl)ccc12.O=C(O)C(F)(F)F. The highest BCUT2D eigenvalue weighted by Crippen LogP contribution is 2.57. The normalized spacial score (nSPS) is 24.4. The number of nitrogens with zero attached hydrogens (tertiary/aromatic N) is 2. The van der Waals surface area contributed by atoms with Crippen LogP contribution in [-0.4, -0.2) is 97.6 Å². The molecule has 10 nitrogen and oxygen atoms in total.